The number of hydrogen-bond donors (Lipinski definition) is 1. The summed E-state index contributed by atoms with van der Waals surface area (Å²) in [5.74, 6) is 1.66. The van der Waals surface area contributed by atoms with E-state index < -0.39 is 0 Å². The molecule has 0 amide bonds. The summed E-state index contributed by atoms with van der Waals surface area (Å²) in [6.45, 7) is 11.2. The minimum absolute atomic E-state index is 0.314. The lowest BCUT2D eigenvalue weighted by Crippen LogP contribution is -2.40. The van der Waals surface area contributed by atoms with Crippen LogP contribution >= 0.6 is 0 Å². The van der Waals surface area contributed by atoms with E-state index in [1.165, 1.54) is 24.8 Å². The molecule has 0 saturated carbocycles. The molecule has 1 aromatic carbocycles. The van der Waals surface area contributed by atoms with E-state index in [4.69, 9.17) is 4.74 Å². The molecule has 2 nitrogen and oxygen atoms in total. The van der Waals surface area contributed by atoms with Crippen molar-refractivity contribution in [3.63, 3.8) is 0 Å². The summed E-state index contributed by atoms with van der Waals surface area (Å²) >= 11 is 0. The molecule has 112 valence electrons. The van der Waals surface area contributed by atoms with Gasteiger partial charge in [-0.2, -0.15) is 0 Å². The molecule has 1 aromatic rings. The average Bonchev–Trinajstić information content (AvgIpc) is 2.81. The van der Waals surface area contributed by atoms with E-state index in [0.717, 1.165) is 18.9 Å². The van der Waals surface area contributed by atoms with Crippen molar-refractivity contribution in [3.05, 3.63) is 29.8 Å². The van der Waals surface area contributed by atoms with Crippen LogP contribution in [0.3, 0.4) is 0 Å². The molecule has 1 aliphatic heterocycles. The highest BCUT2D eigenvalue weighted by Gasteiger charge is 2.28. The summed E-state index contributed by atoms with van der Waals surface area (Å²) in [6, 6.07) is 9.07. The van der Waals surface area contributed by atoms with Crippen molar-refractivity contribution in [2.75, 3.05) is 13.2 Å². The zero-order valence-corrected chi connectivity index (χ0v) is 13.4. The molecule has 2 atom stereocenters. The van der Waals surface area contributed by atoms with Crippen molar-refractivity contribution in [1.29, 1.82) is 0 Å². The lowest BCUT2D eigenvalue weighted by atomic mass is 9.81. The van der Waals surface area contributed by atoms with Gasteiger partial charge in [0, 0.05) is 17.5 Å². The maximum absolute atomic E-state index is 5.79. The average molecular weight is 275 g/mol. The highest BCUT2D eigenvalue weighted by atomic mass is 16.5. The minimum atomic E-state index is 0.314. The van der Waals surface area contributed by atoms with Crippen LogP contribution in [0.15, 0.2) is 24.3 Å². The number of ether oxygens (including phenoxy) is 1. The fraction of sp³-hybridized carbons (Fsp3) is 0.667. The van der Waals surface area contributed by atoms with Crippen LogP contribution in [-0.4, -0.2) is 19.2 Å². The Kier molecular flexibility index (Phi) is 5.09. The molecule has 1 N–H and O–H groups in total. The highest BCUT2D eigenvalue weighted by Crippen LogP contribution is 2.37. The molecule has 0 bridgehead atoms. The largest absolute Gasteiger partial charge is 0.493 e. The number of hydrogen-bond acceptors (Lipinski definition) is 2. The van der Waals surface area contributed by atoms with E-state index in [-0.39, 0.29) is 0 Å². The van der Waals surface area contributed by atoms with Gasteiger partial charge in [0.15, 0.2) is 0 Å². The first-order valence-corrected chi connectivity index (χ1v) is 7.97. The van der Waals surface area contributed by atoms with Gasteiger partial charge in [0.1, 0.15) is 5.75 Å². The molecule has 0 fully saturated rings. The molecule has 1 aliphatic rings. The first kappa shape index (κ1) is 15.4. The minimum Gasteiger partial charge on any atom is -0.493 e. The topological polar surface area (TPSA) is 21.3 Å². The summed E-state index contributed by atoms with van der Waals surface area (Å²) in [5.41, 5.74) is 1.71. The lowest BCUT2D eigenvalue weighted by Gasteiger charge is -2.32. The molecule has 2 unspecified atom stereocenters. The second-order valence-corrected chi connectivity index (χ2v) is 7.00. The summed E-state index contributed by atoms with van der Waals surface area (Å²) in [5, 5.41) is 3.72. The monoisotopic (exact) mass is 275 g/mol. The van der Waals surface area contributed by atoms with Crippen molar-refractivity contribution >= 4 is 0 Å². The Morgan fingerprint density at radius 1 is 1.30 bits per heavy atom. The summed E-state index contributed by atoms with van der Waals surface area (Å²) in [6.07, 6.45) is 3.61. The Hall–Kier alpha value is -1.02. The molecule has 2 heteroatoms. The maximum Gasteiger partial charge on any atom is 0.122 e. The maximum atomic E-state index is 5.79. The van der Waals surface area contributed by atoms with Crippen LogP contribution in [0.25, 0.3) is 0 Å². The third-order valence-electron chi connectivity index (χ3n) is 4.29. The molecule has 0 radical (unpaired) electrons. The van der Waals surface area contributed by atoms with Gasteiger partial charge < -0.3 is 10.1 Å². The van der Waals surface area contributed by atoms with E-state index in [1.54, 1.807) is 0 Å². The van der Waals surface area contributed by atoms with Crippen molar-refractivity contribution in [2.24, 2.45) is 5.41 Å². The smallest absolute Gasteiger partial charge is 0.122 e. The number of rotatable bonds is 6. The fourth-order valence-corrected chi connectivity index (χ4v) is 3.00. The Morgan fingerprint density at radius 2 is 2.05 bits per heavy atom. The van der Waals surface area contributed by atoms with Crippen molar-refractivity contribution in [3.8, 4) is 5.75 Å². The number of benzene rings is 1. The van der Waals surface area contributed by atoms with E-state index in [2.05, 4.69) is 57.3 Å². The highest BCUT2D eigenvalue weighted by molar-refractivity contribution is 5.39. The molecule has 1 heterocycles. The predicted molar refractivity (Wildman–Crippen MR) is 85.4 cm³/mol. The van der Waals surface area contributed by atoms with Crippen molar-refractivity contribution < 1.29 is 4.74 Å². The number of fused-ring (bicyclic) bond motifs is 1. The summed E-state index contributed by atoms with van der Waals surface area (Å²) in [4.78, 5) is 0. The second kappa shape index (κ2) is 6.62. The van der Waals surface area contributed by atoms with Gasteiger partial charge in [-0.05, 0) is 37.3 Å². The van der Waals surface area contributed by atoms with Gasteiger partial charge >= 0.3 is 0 Å². The molecule has 0 spiro atoms. The quantitative estimate of drug-likeness (QED) is 0.833. The van der Waals surface area contributed by atoms with Crippen LogP contribution in [0, 0.1) is 5.41 Å². The second-order valence-electron chi connectivity index (χ2n) is 7.00. The number of nitrogens with one attached hydrogen (secondary N) is 1. The van der Waals surface area contributed by atoms with E-state index in [9.17, 15) is 0 Å². The van der Waals surface area contributed by atoms with E-state index in [1.807, 2.05) is 0 Å². The van der Waals surface area contributed by atoms with E-state index >= 15 is 0 Å². The summed E-state index contributed by atoms with van der Waals surface area (Å²) in [7, 11) is 0. The number of para-hydroxylation sites is 1. The summed E-state index contributed by atoms with van der Waals surface area (Å²) < 4.78 is 5.79. The standard InChI is InChI=1S/C18H29NO/c1-5-12-19-17(18(2,3)4)11-10-14-13-20-16-9-7-6-8-15(14)16/h6-9,14,17,19H,5,10-13H2,1-4H3. The first-order chi connectivity index (χ1) is 9.52. The molecular formula is C18H29NO. The molecule has 0 aromatic heterocycles. The van der Waals surface area contributed by atoms with Gasteiger partial charge in [-0.15, -0.1) is 0 Å². The normalized spacial score (nSPS) is 19.5. The molecule has 20 heavy (non-hydrogen) atoms. The zero-order chi connectivity index (χ0) is 14.6. The van der Waals surface area contributed by atoms with Crippen molar-refractivity contribution in [1.82, 2.24) is 5.32 Å². The van der Waals surface area contributed by atoms with Crippen LogP contribution in [0.5, 0.6) is 5.75 Å². The van der Waals surface area contributed by atoms with Gasteiger partial charge in [0.25, 0.3) is 0 Å². The Bertz CT molecular complexity index is 422. The molecule has 0 saturated heterocycles. The van der Waals surface area contributed by atoms with Crippen LogP contribution in [0.1, 0.15) is 58.4 Å². The zero-order valence-electron chi connectivity index (χ0n) is 13.4. The molecule has 0 aliphatic carbocycles. The molecular weight excluding hydrogens is 246 g/mol. The van der Waals surface area contributed by atoms with Gasteiger partial charge in [0.2, 0.25) is 0 Å². The van der Waals surface area contributed by atoms with Gasteiger partial charge in [-0.25, -0.2) is 0 Å². The molecule has 2 rings (SSSR count). The van der Waals surface area contributed by atoms with Gasteiger partial charge in [-0.3, -0.25) is 0 Å². The first-order valence-electron chi connectivity index (χ1n) is 7.97. The SMILES string of the molecule is CCCNC(CCC1COc2ccccc21)C(C)(C)C. The third-order valence-corrected chi connectivity index (χ3v) is 4.29. The van der Waals surface area contributed by atoms with Gasteiger partial charge in [-0.1, -0.05) is 45.9 Å². The van der Waals surface area contributed by atoms with Crippen LogP contribution in [-0.2, 0) is 0 Å². The van der Waals surface area contributed by atoms with Gasteiger partial charge in [0.05, 0.1) is 6.61 Å². The Balaban J connectivity index is 1.93. The van der Waals surface area contributed by atoms with Crippen molar-refractivity contribution in [2.45, 2.75) is 58.9 Å². The van der Waals surface area contributed by atoms with Crippen LogP contribution < -0.4 is 10.1 Å². The lowest BCUT2D eigenvalue weighted by molar-refractivity contribution is 0.239. The Labute approximate surface area is 123 Å². The fourth-order valence-electron chi connectivity index (χ4n) is 3.00. The van der Waals surface area contributed by atoms with Crippen LogP contribution in [0.2, 0.25) is 0 Å². The Morgan fingerprint density at radius 3 is 2.75 bits per heavy atom. The van der Waals surface area contributed by atoms with Crippen LogP contribution in [0.4, 0.5) is 0 Å². The van der Waals surface area contributed by atoms with E-state index in [0.29, 0.717) is 17.4 Å². The predicted octanol–water partition coefficient (Wildman–Crippen LogP) is 4.36. The third kappa shape index (κ3) is 3.76.